The van der Waals surface area contributed by atoms with Crippen molar-refractivity contribution in [1.82, 2.24) is 20.2 Å². The van der Waals surface area contributed by atoms with Crippen LogP contribution in [0.2, 0.25) is 0 Å². The molecule has 0 radical (unpaired) electrons. The standard InChI is InChI=1S/C20H20N4O2/c1-26-18-8-4-7-17(12-18)20-21-23-24(22-20)13-19(25)16-10-9-14-5-2-3-6-15(14)11-16/h4,7-12H,2-3,5-6,13H2,1H3. The summed E-state index contributed by atoms with van der Waals surface area (Å²) in [5.41, 5.74) is 4.18. The summed E-state index contributed by atoms with van der Waals surface area (Å²) in [5.74, 6) is 1.19. The van der Waals surface area contributed by atoms with Gasteiger partial charge in [-0.15, -0.1) is 10.2 Å². The number of hydrogen-bond acceptors (Lipinski definition) is 5. The minimum absolute atomic E-state index is 0.00651. The highest BCUT2D eigenvalue weighted by atomic mass is 16.5. The number of ketones is 1. The summed E-state index contributed by atoms with van der Waals surface area (Å²) in [7, 11) is 1.61. The maximum Gasteiger partial charge on any atom is 0.205 e. The summed E-state index contributed by atoms with van der Waals surface area (Å²) < 4.78 is 5.21. The molecule has 6 nitrogen and oxygen atoms in total. The molecule has 0 unspecified atom stereocenters. The Morgan fingerprint density at radius 1 is 1.12 bits per heavy atom. The van der Waals surface area contributed by atoms with Crippen molar-refractivity contribution in [2.24, 2.45) is 0 Å². The van der Waals surface area contributed by atoms with E-state index in [1.165, 1.54) is 28.8 Å². The van der Waals surface area contributed by atoms with Crippen LogP contribution in [0.15, 0.2) is 42.5 Å². The summed E-state index contributed by atoms with van der Waals surface area (Å²) >= 11 is 0. The molecule has 6 heteroatoms. The van der Waals surface area contributed by atoms with E-state index in [2.05, 4.69) is 21.5 Å². The van der Waals surface area contributed by atoms with Gasteiger partial charge in [0.15, 0.2) is 5.78 Å². The smallest absolute Gasteiger partial charge is 0.205 e. The van der Waals surface area contributed by atoms with Gasteiger partial charge in [-0.1, -0.05) is 24.3 Å². The molecule has 132 valence electrons. The zero-order valence-electron chi connectivity index (χ0n) is 14.7. The summed E-state index contributed by atoms with van der Waals surface area (Å²) in [6.07, 6.45) is 4.59. The first-order valence-corrected chi connectivity index (χ1v) is 8.80. The maximum absolute atomic E-state index is 12.6. The van der Waals surface area contributed by atoms with Crippen molar-refractivity contribution in [3.63, 3.8) is 0 Å². The van der Waals surface area contributed by atoms with Gasteiger partial charge in [0.05, 0.1) is 7.11 Å². The lowest BCUT2D eigenvalue weighted by Crippen LogP contribution is -2.14. The van der Waals surface area contributed by atoms with Crippen LogP contribution in [-0.2, 0) is 19.4 Å². The predicted molar refractivity (Wildman–Crippen MR) is 97.2 cm³/mol. The fraction of sp³-hybridized carbons (Fsp3) is 0.300. The number of tetrazole rings is 1. The molecule has 0 amide bonds. The molecule has 4 rings (SSSR count). The number of hydrogen-bond donors (Lipinski definition) is 0. The highest BCUT2D eigenvalue weighted by Gasteiger charge is 2.15. The lowest BCUT2D eigenvalue weighted by Gasteiger charge is -2.16. The lowest BCUT2D eigenvalue weighted by atomic mass is 9.90. The van der Waals surface area contributed by atoms with Crippen LogP contribution in [-0.4, -0.2) is 33.1 Å². The minimum Gasteiger partial charge on any atom is -0.497 e. The Hall–Kier alpha value is -3.02. The van der Waals surface area contributed by atoms with Crippen LogP contribution in [0, 0.1) is 0 Å². The van der Waals surface area contributed by atoms with E-state index < -0.39 is 0 Å². The van der Waals surface area contributed by atoms with Crippen LogP contribution in [0.4, 0.5) is 0 Å². The molecule has 0 saturated carbocycles. The van der Waals surface area contributed by atoms with Crippen molar-refractivity contribution in [2.45, 2.75) is 32.2 Å². The fourth-order valence-electron chi connectivity index (χ4n) is 3.31. The van der Waals surface area contributed by atoms with Crippen LogP contribution in [0.25, 0.3) is 11.4 Å². The SMILES string of the molecule is COc1cccc(-c2nnn(CC(=O)c3ccc4c(c3)CCCC4)n2)c1. The average molecular weight is 348 g/mol. The number of Topliss-reactive ketones (excluding diaryl/α,β-unsaturated/α-hetero) is 1. The number of nitrogens with zero attached hydrogens (tertiary/aromatic N) is 4. The van der Waals surface area contributed by atoms with Gasteiger partial charge in [-0.25, -0.2) is 0 Å². The number of ether oxygens (including phenoxy) is 1. The first-order valence-electron chi connectivity index (χ1n) is 8.80. The van der Waals surface area contributed by atoms with Crippen molar-refractivity contribution in [3.05, 3.63) is 59.2 Å². The topological polar surface area (TPSA) is 69.9 Å². The predicted octanol–water partition coefficient (Wildman–Crippen LogP) is 3.11. The maximum atomic E-state index is 12.6. The third-order valence-electron chi connectivity index (χ3n) is 4.74. The van der Waals surface area contributed by atoms with E-state index in [-0.39, 0.29) is 12.3 Å². The van der Waals surface area contributed by atoms with Gasteiger partial charge in [-0.3, -0.25) is 4.79 Å². The van der Waals surface area contributed by atoms with Crippen molar-refractivity contribution in [2.75, 3.05) is 7.11 Å². The van der Waals surface area contributed by atoms with Crippen LogP contribution < -0.4 is 4.74 Å². The van der Waals surface area contributed by atoms with E-state index in [1.54, 1.807) is 7.11 Å². The van der Waals surface area contributed by atoms with Gasteiger partial charge in [0.1, 0.15) is 12.3 Å². The van der Waals surface area contributed by atoms with E-state index in [9.17, 15) is 4.79 Å². The van der Waals surface area contributed by atoms with Gasteiger partial charge in [0.25, 0.3) is 0 Å². The third-order valence-corrected chi connectivity index (χ3v) is 4.74. The van der Waals surface area contributed by atoms with Crippen LogP contribution >= 0.6 is 0 Å². The monoisotopic (exact) mass is 348 g/mol. The lowest BCUT2D eigenvalue weighted by molar-refractivity contribution is 0.0961. The summed E-state index contributed by atoms with van der Waals surface area (Å²) in [5, 5.41) is 12.4. The van der Waals surface area contributed by atoms with Crippen molar-refractivity contribution < 1.29 is 9.53 Å². The zero-order valence-corrected chi connectivity index (χ0v) is 14.7. The molecule has 0 spiro atoms. The molecule has 2 aromatic carbocycles. The molecule has 0 aliphatic heterocycles. The number of methoxy groups -OCH3 is 1. The number of aromatic nitrogens is 4. The van der Waals surface area contributed by atoms with Gasteiger partial charge in [0, 0.05) is 11.1 Å². The fourth-order valence-corrected chi connectivity index (χ4v) is 3.31. The van der Waals surface area contributed by atoms with Crippen LogP contribution in [0.3, 0.4) is 0 Å². The molecule has 0 saturated heterocycles. The van der Waals surface area contributed by atoms with E-state index in [0.29, 0.717) is 11.4 Å². The van der Waals surface area contributed by atoms with E-state index >= 15 is 0 Å². The molecule has 0 fully saturated rings. The second kappa shape index (κ2) is 7.07. The molecule has 1 aliphatic carbocycles. The number of carbonyl (C=O) groups excluding carboxylic acids is 1. The molecule has 26 heavy (non-hydrogen) atoms. The van der Waals surface area contributed by atoms with Gasteiger partial charge in [-0.2, -0.15) is 4.80 Å². The first kappa shape index (κ1) is 16.4. The molecule has 1 aromatic heterocycles. The third kappa shape index (κ3) is 3.35. The van der Waals surface area contributed by atoms with Gasteiger partial charge >= 0.3 is 0 Å². The highest BCUT2D eigenvalue weighted by molar-refractivity contribution is 5.96. The van der Waals surface area contributed by atoms with Crippen molar-refractivity contribution >= 4 is 5.78 Å². The molecule has 1 heterocycles. The summed E-state index contributed by atoms with van der Waals surface area (Å²) in [6, 6.07) is 13.5. The Labute approximate surface area is 151 Å². The summed E-state index contributed by atoms with van der Waals surface area (Å²) in [4.78, 5) is 13.9. The van der Waals surface area contributed by atoms with E-state index in [4.69, 9.17) is 4.74 Å². The Balaban J connectivity index is 1.51. The summed E-state index contributed by atoms with van der Waals surface area (Å²) in [6.45, 7) is 0.0791. The Bertz CT molecular complexity index is 948. The Kier molecular flexibility index (Phi) is 4.48. The molecular weight excluding hydrogens is 328 g/mol. The molecule has 3 aromatic rings. The first-order chi connectivity index (χ1) is 12.7. The molecule has 0 atom stereocenters. The second-order valence-electron chi connectivity index (χ2n) is 6.49. The van der Waals surface area contributed by atoms with Crippen LogP contribution in [0.5, 0.6) is 5.75 Å². The van der Waals surface area contributed by atoms with Crippen LogP contribution in [0.1, 0.15) is 34.3 Å². The normalized spacial score (nSPS) is 13.3. The molecule has 1 aliphatic rings. The number of carbonyl (C=O) groups is 1. The molecular formula is C20H20N4O2. The van der Waals surface area contributed by atoms with Gasteiger partial charge < -0.3 is 4.74 Å². The van der Waals surface area contributed by atoms with E-state index in [0.717, 1.165) is 24.2 Å². The zero-order chi connectivity index (χ0) is 17.9. The average Bonchev–Trinajstić information content (AvgIpc) is 3.16. The minimum atomic E-state index is -0.00651. The molecule has 0 bridgehead atoms. The van der Waals surface area contributed by atoms with Crippen molar-refractivity contribution in [3.8, 4) is 17.1 Å². The number of rotatable bonds is 5. The number of aryl methyl sites for hydroxylation is 2. The second-order valence-corrected chi connectivity index (χ2v) is 6.49. The number of benzene rings is 2. The largest absolute Gasteiger partial charge is 0.497 e. The van der Waals surface area contributed by atoms with Gasteiger partial charge in [0.2, 0.25) is 5.82 Å². The van der Waals surface area contributed by atoms with Gasteiger partial charge in [-0.05, 0) is 60.2 Å². The quantitative estimate of drug-likeness (QED) is 0.663. The highest BCUT2D eigenvalue weighted by Crippen LogP contribution is 2.23. The molecule has 0 N–H and O–H groups in total. The van der Waals surface area contributed by atoms with E-state index in [1.807, 2.05) is 36.4 Å². The van der Waals surface area contributed by atoms with Crippen molar-refractivity contribution in [1.29, 1.82) is 0 Å². The Morgan fingerprint density at radius 3 is 2.81 bits per heavy atom. The Morgan fingerprint density at radius 2 is 1.96 bits per heavy atom. The number of fused-ring (bicyclic) bond motifs is 1.